The maximum absolute atomic E-state index is 2.51. The zero-order valence-electron chi connectivity index (χ0n) is 36.5. The number of nitrogens with zero attached hydrogens (tertiary/aromatic N) is 1. The van der Waals surface area contributed by atoms with Gasteiger partial charge in [-0.15, -0.1) is 0 Å². The normalized spacial score (nSPS) is 13.9. The van der Waals surface area contributed by atoms with Gasteiger partial charge in [0.15, 0.2) is 0 Å². The molecule has 10 aromatic rings. The Morgan fingerprint density at radius 2 is 0.862 bits per heavy atom. The molecular formula is C64H49N. The van der Waals surface area contributed by atoms with Gasteiger partial charge in [0, 0.05) is 22.5 Å². The van der Waals surface area contributed by atoms with Crippen LogP contribution in [0.25, 0.3) is 78.2 Å². The van der Waals surface area contributed by atoms with Gasteiger partial charge in [-0.2, -0.15) is 0 Å². The summed E-state index contributed by atoms with van der Waals surface area (Å²) in [6.07, 6.45) is 10.8. The second-order valence-electron chi connectivity index (χ2n) is 18.0. The Labute approximate surface area is 382 Å². The van der Waals surface area contributed by atoms with E-state index in [0.29, 0.717) is 0 Å². The number of para-hydroxylation sites is 2. The van der Waals surface area contributed by atoms with E-state index in [9.17, 15) is 0 Å². The Balaban J connectivity index is 0.876. The summed E-state index contributed by atoms with van der Waals surface area (Å²) in [5.74, 6) is 0. The van der Waals surface area contributed by atoms with Crippen molar-refractivity contribution in [3.05, 3.63) is 247 Å². The van der Waals surface area contributed by atoms with Crippen LogP contribution in [0.4, 0.5) is 17.1 Å². The van der Waals surface area contributed by atoms with E-state index in [0.717, 1.165) is 0 Å². The second-order valence-corrected chi connectivity index (χ2v) is 18.0. The van der Waals surface area contributed by atoms with Crippen LogP contribution in [0, 0.1) is 0 Å². The van der Waals surface area contributed by atoms with Crippen LogP contribution in [-0.4, -0.2) is 0 Å². The molecule has 0 aliphatic heterocycles. The maximum Gasteiger partial charge on any atom is 0.0465 e. The summed E-state index contributed by atoms with van der Waals surface area (Å²) in [6, 6.07) is 82.9. The third kappa shape index (κ3) is 6.96. The highest BCUT2D eigenvalue weighted by Crippen LogP contribution is 2.57. The molecule has 0 N–H and O–H groups in total. The van der Waals surface area contributed by atoms with E-state index < -0.39 is 0 Å². The molecule has 0 unspecified atom stereocenters. The van der Waals surface area contributed by atoms with E-state index in [4.69, 9.17) is 0 Å². The zero-order valence-corrected chi connectivity index (χ0v) is 36.5. The first-order valence-electron chi connectivity index (χ1n) is 23.3. The molecule has 1 saturated carbocycles. The molecule has 1 spiro atoms. The van der Waals surface area contributed by atoms with Crippen molar-refractivity contribution >= 4 is 50.8 Å². The zero-order chi connectivity index (χ0) is 43.2. The average molecular weight is 832 g/mol. The highest BCUT2D eigenvalue weighted by Gasteiger charge is 2.44. The molecule has 2 aliphatic rings. The number of anilines is 3. The molecule has 65 heavy (non-hydrogen) atoms. The van der Waals surface area contributed by atoms with Gasteiger partial charge in [-0.05, 0) is 150 Å². The fraction of sp³-hybridized carbons (Fsp3) is 0.0938. The van der Waals surface area contributed by atoms with Crippen LogP contribution in [0.2, 0.25) is 0 Å². The predicted octanol–water partition coefficient (Wildman–Crippen LogP) is 17.9. The van der Waals surface area contributed by atoms with E-state index in [1.54, 1.807) is 0 Å². The molecule has 1 heteroatoms. The van der Waals surface area contributed by atoms with Crippen LogP contribution in [0.1, 0.15) is 54.4 Å². The minimum atomic E-state index is 0.0253. The lowest BCUT2D eigenvalue weighted by Crippen LogP contribution is -2.28. The molecule has 2 aliphatic carbocycles. The highest BCUT2D eigenvalue weighted by atomic mass is 15.1. The van der Waals surface area contributed by atoms with Crippen molar-refractivity contribution in [1.82, 2.24) is 0 Å². The van der Waals surface area contributed by atoms with Gasteiger partial charge in [-0.3, -0.25) is 0 Å². The van der Waals surface area contributed by atoms with Crippen molar-refractivity contribution in [2.24, 2.45) is 0 Å². The summed E-state index contributed by atoms with van der Waals surface area (Å²) in [5.41, 5.74) is 19.3. The summed E-state index contributed by atoms with van der Waals surface area (Å²) >= 11 is 0. The fourth-order valence-electron chi connectivity index (χ4n) is 11.1. The highest BCUT2D eigenvalue weighted by molar-refractivity contribution is 6.12. The molecule has 12 rings (SSSR count). The predicted molar refractivity (Wildman–Crippen MR) is 277 cm³/mol. The minimum Gasteiger partial charge on any atom is -0.310 e. The molecule has 310 valence electrons. The Morgan fingerprint density at radius 1 is 0.338 bits per heavy atom. The molecule has 0 heterocycles. The summed E-state index contributed by atoms with van der Waals surface area (Å²) in [5, 5.41) is 5.03. The SMILES string of the molecule is C(=C\c1ccc2cc(-c3cccc4c(-c5ccccc5)ccc(-c5ccccc5)c34)ccc2c1)/c1ccc2c(c1)C1(CCCCC1)c1cc(N(c3ccccc3)c3ccccc3)ccc1-2. The van der Waals surface area contributed by atoms with Crippen LogP contribution in [0.3, 0.4) is 0 Å². The van der Waals surface area contributed by atoms with Gasteiger partial charge in [0.1, 0.15) is 0 Å². The monoisotopic (exact) mass is 831 g/mol. The molecule has 1 nitrogen and oxygen atoms in total. The van der Waals surface area contributed by atoms with Crippen LogP contribution in [0.5, 0.6) is 0 Å². The van der Waals surface area contributed by atoms with Crippen molar-refractivity contribution in [3.8, 4) is 44.5 Å². The van der Waals surface area contributed by atoms with Crippen molar-refractivity contribution in [1.29, 1.82) is 0 Å². The Kier molecular flexibility index (Phi) is 9.83. The fourth-order valence-corrected chi connectivity index (χ4v) is 11.1. The van der Waals surface area contributed by atoms with E-state index in [1.807, 2.05) is 0 Å². The first-order valence-corrected chi connectivity index (χ1v) is 23.3. The van der Waals surface area contributed by atoms with E-state index >= 15 is 0 Å². The van der Waals surface area contributed by atoms with Gasteiger partial charge in [-0.1, -0.05) is 207 Å². The van der Waals surface area contributed by atoms with Crippen molar-refractivity contribution in [2.75, 3.05) is 4.90 Å². The summed E-state index contributed by atoms with van der Waals surface area (Å²) in [4.78, 5) is 2.41. The largest absolute Gasteiger partial charge is 0.310 e. The summed E-state index contributed by atoms with van der Waals surface area (Å²) < 4.78 is 0. The topological polar surface area (TPSA) is 3.24 Å². The third-order valence-corrected chi connectivity index (χ3v) is 14.2. The van der Waals surface area contributed by atoms with Crippen molar-refractivity contribution < 1.29 is 0 Å². The number of hydrogen-bond acceptors (Lipinski definition) is 1. The molecular weight excluding hydrogens is 783 g/mol. The Bertz CT molecular complexity index is 3340. The lowest BCUT2D eigenvalue weighted by atomic mass is 9.67. The van der Waals surface area contributed by atoms with Gasteiger partial charge >= 0.3 is 0 Å². The number of rotatable bonds is 8. The third-order valence-electron chi connectivity index (χ3n) is 14.2. The molecule has 0 bridgehead atoms. The lowest BCUT2D eigenvalue weighted by Gasteiger charge is -2.37. The molecule has 1 fully saturated rings. The van der Waals surface area contributed by atoms with Crippen LogP contribution in [0.15, 0.2) is 224 Å². The first-order chi connectivity index (χ1) is 32.2. The molecule has 0 radical (unpaired) electrons. The second kappa shape index (κ2) is 16.4. The Morgan fingerprint density at radius 3 is 1.55 bits per heavy atom. The first kappa shape index (κ1) is 38.9. The van der Waals surface area contributed by atoms with Crippen LogP contribution in [-0.2, 0) is 5.41 Å². The summed E-state index contributed by atoms with van der Waals surface area (Å²) in [7, 11) is 0. The van der Waals surface area contributed by atoms with Gasteiger partial charge in [-0.25, -0.2) is 0 Å². The Hall–Kier alpha value is -7.74. The smallest absolute Gasteiger partial charge is 0.0465 e. The van der Waals surface area contributed by atoms with Crippen LogP contribution >= 0.6 is 0 Å². The van der Waals surface area contributed by atoms with E-state index in [-0.39, 0.29) is 5.41 Å². The van der Waals surface area contributed by atoms with E-state index in [1.165, 1.54) is 137 Å². The van der Waals surface area contributed by atoms with Gasteiger partial charge < -0.3 is 4.90 Å². The van der Waals surface area contributed by atoms with Crippen molar-refractivity contribution in [2.45, 2.75) is 37.5 Å². The molecule has 0 aromatic heterocycles. The van der Waals surface area contributed by atoms with Crippen molar-refractivity contribution in [3.63, 3.8) is 0 Å². The summed E-state index contributed by atoms with van der Waals surface area (Å²) in [6.45, 7) is 0. The number of hydrogen-bond donors (Lipinski definition) is 0. The van der Waals surface area contributed by atoms with Gasteiger partial charge in [0.05, 0.1) is 0 Å². The molecule has 10 aromatic carbocycles. The molecule has 0 saturated heterocycles. The van der Waals surface area contributed by atoms with Crippen LogP contribution < -0.4 is 4.90 Å². The lowest BCUT2D eigenvalue weighted by molar-refractivity contribution is 0.353. The van der Waals surface area contributed by atoms with Gasteiger partial charge in [0.2, 0.25) is 0 Å². The number of fused-ring (bicyclic) bond motifs is 7. The standard InChI is InChI=1S/C64H49N/c1-6-17-47(18-7-1)55-37-38-57(48-19-8-2-9-20-48)63-56(25-16-26-60(55)63)51-33-32-49-41-45(29-31-50(49)43-51)27-28-46-30-35-58-59-36-34-54(44-62(59)64(61(58)42-46)39-14-5-15-40-64)65(52-21-10-3-11-22-52)53-23-12-4-13-24-53/h1-4,6-13,16-38,41-44H,5,14-15,39-40H2/b28-27+. The minimum absolute atomic E-state index is 0.0253. The number of benzene rings is 10. The quantitative estimate of drug-likeness (QED) is 0.138. The molecule has 0 amide bonds. The van der Waals surface area contributed by atoms with E-state index in [2.05, 4.69) is 242 Å². The maximum atomic E-state index is 2.51. The average Bonchev–Trinajstić information content (AvgIpc) is 3.63. The van der Waals surface area contributed by atoms with Gasteiger partial charge in [0.25, 0.3) is 0 Å². The molecule has 0 atom stereocenters.